The molecule has 0 aliphatic carbocycles. The summed E-state index contributed by atoms with van der Waals surface area (Å²) in [7, 11) is 0. The van der Waals surface area contributed by atoms with Gasteiger partial charge in [-0.3, -0.25) is 4.90 Å². The van der Waals surface area contributed by atoms with E-state index in [1.165, 1.54) is 6.07 Å². The molecular weight excluding hydrogens is 297 g/mol. The number of aliphatic hydroxyl groups excluding tert-OH is 1. The van der Waals surface area contributed by atoms with E-state index in [9.17, 15) is 9.50 Å². The smallest absolute Gasteiger partial charge is 0.127 e. The van der Waals surface area contributed by atoms with Crippen molar-refractivity contribution in [2.75, 3.05) is 13.1 Å². The van der Waals surface area contributed by atoms with E-state index in [2.05, 4.69) is 20.8 Å². The summed E-state index contributed by atoms with van der Waals surface area (Å²) in [6, 6.07) is 5.05. The predicted octanol–water partition coefficient (Wildman–Crippen LogP) is 3.18. The van der Waals surface area contributed by atoms with E-state index in [1.807, 2.05) is 13.0 Å². The van der Waals surface area contributed by atoms with Crippen LogP contribution in [0.1, 0.15) is 25.3 Å². The lowest BCUT2D eigenvalue weighted by molar-refractivity contribution is 0.0595. The minimum atomic E-state index is -0.278. The highest BCUT2D eigenvalue weighted by Gasteiger charge is 2.23. The second-order valence-electron chi connectivity index (χ2n) is 5.11. The van der Waals surface area contributed by atoms with Gasteiger partial charge in [-0.25, -0.2) is 4.39 Å². The lowest BCUT2D eigenvalue weighted by Gasteiger charge is -2.34. The summed E-state index contributed by atoms with van der Waals surface area (Å²) in [5.74, 6) is 0.159. The van der Waals surface area contributed by atoms with Crippen LogP contribution in [0, 0.1) is 11.7 Å². The summed E-state index contributed by atoms with van der Waals surface area (Å²) in [5, 5.41) is 9.65. The first-order chi connectivity index (χ1) is 8.56. The van der Waals surface area contributed by atoms with Gasteiger partial charge in [0.05, 0.1) is 6.10 Å². The highest BCUT2D eigenvalue weighted by atomic mass is 79.9. The van der Waals surface area contributed by atoms with Crippen molar-refractivity contribution in [2.24, 2.45) is 5.92 Å². The Morgan fingerprint density at radius 2 is 2.33 bits per heavy atom. The third-order valence-electron chi connectivity index (χ3n) is 3.63. The summed E-state index contributed by atoms with van der Waals surface area (Å²) in [6.07, 6.45) is 1.86. The molecule has 1 aliphatic rings. The second kappa shape index (κ2) is 6.13. The largest absolute Gasteiger partial charge is 0.393 e. The third-order valence-corrected chi connectivity index (χ3v) is 4.12. The molecule has 1 heterocycles. The van der Waals surface area contributed by atoms with Crippen LogP contribution >= 0.6 is 15.9 Å². The molecule has 1 aliphatic heterocycles. The molecule has 0 spiro atoms. The Hall–Kier alpha value is -0.450. The van der Waals surface area contributed by atoms with E-state index in [-0.39, 0.29) is 11.9 Å². The molecule has 2 atom stereocenters. The molecule has 100 valence electrons. The average Bonchev–Trinajstić information content (AvgIpc) is 2.34. The van der Waals surface area contributed by atoms with Gasteiger partial charge in [0.2, 0.25) is 0 Å². The molecule has 1 aromatic carbocycles. The van der Waals surface area contributed by atoms with Gasteiger partial charge in [-0.1, -0.05) is 15.9 Å². The molecule has 2 unspecified atom stereocenters. The first-order valence-electron chi connectivity index (χ1n) is 6.40. The molecule has 0 radical (unpaired) electrons. The van der Waals surface area contributed by atoms with Crippen molar-refractivity contribution in [2.45, 2.75) is 32.4 Å². The van der Waals surface area contributed by atoms with Crippen molar-refractivity contribution in [3.05, 3.63) is 34.1 Å². The lowest BCUT2D eigenvalue weighted by atomic mass is 9.93. The van der Waals surface area contributed by atoms with E-state index in [0.29, 0.717) is 12.5 Å². The molecule has 0 aromatic heterocycles. The zero-order valence-electron chi connectivity index (χ0n) is 10.6. The molecule has 0 amide bonds. The van der Waals surface area contributed by atoms with Crippen LogP contribution in [-0.2, 0) is 6.54 Å². The highest BCUT2D eigenvalue weighted by Crippen LogP contribution is 2.23. The van der Waals surface area contributed by atoms with Crippen LogP contribution in [0.3, 0.4) is 0 Å². The fourth-order valence-corrected chi connectivity index (χ4v) is 2.94. The average molecular weight is 316 g/mol. The summed E-state index contributed by atoms with van der Waals surface area (Å²) in [5.41, 5.74) is 0.718. The number of piperidine rings is 1. The van der Waals surface area contributed by atoms with Crippen LogP contribution in [0.2, 0.25) is 0 Å². The number of halogens is 2. The fourth-order valence-electron chi connectivity index (χ4n) is 2.53. The number of aliphatic hydroxyl groups is 1. The van der Waals surface area contributed by atoms with Gasteiger partial charge in [0.25, 0.3) is 0 Å². The number of nitrogens with zero attached hydrogens (tertiary/aromatic N) is 1. The first-order valence-corrected chi connectivity index (χ1v) is 7.20. The lowest BCUT2D eigenvalue weighted by Crippen LogP contribution is -2.39. The van der Waals surface area contributed by atoms with Gasteiger partial charge in [0.15, 0.2) is 0 Å². The molecule has 1 aromatic rings. The van der Waals surface area contributed by atoms with Gasteiger partial charge in [-0.2, -0.15) is 0 Å². The number of hydrogen-bond acceptors (Lipinski definition) is 2. The van der Waals surface area contributed by atoms with Gasteiger partial charge >= 0.3 is 0 Å². The van der Waals surface area contributed by atoms with Crippen molar-refractivity contribution >= 4 is 15.9 Å². The quantitative estimate of drug-likeness (QED) is 0.926. The van der Waals surface area contributed by atoms with E-state index in [1.54, 1.807) is 6.07 Å². The predicted molar refractivity (Wildman–Crippen MR) is 73.8 cm³/mol. The molecule has 0 bridgehead atoms. The Bertz CT molecular complexity index is 411. The SMILES string of the molecule is CC(O)C1CCCN(Cc2cc(Br)ccc2F)C1. The molecule has 1 N–H and O–H groups in total. The summed E-state index contributed by atoms with van der Waals surface area (Å²) in [6.45, 7) is 4.29. The molecular formula is C14H19BrFNO. The molecule has 2 nitrogen and oxygen atoms in total. The van der Waals surface area contributed by atoms with Crippen molar-refractivity contribution in [1.82, 2.24) is 4.90 Å². The minimum Gasteiger partial charge on any atom is -0.393 e. The second-order valence-corrected chi connectivity index (χ2v) is 6.03. The van der Waals surface area contributed by atoms with Crippen LogP contribution in [-0.4, -0.2) is 29.2 Å². The zero-order valence-corrected chi connectivity index (χ0v) is 12.2. The van der Waals surface area contributed by atoms with E-state index < -0.39 is 0 Å². The minimum absolute atomic E-state index is 0.155. The summed E-state index contributed by atoms with van der Waals surface area (Å²) >= 11 is 3.37. The van der Waals surface area contributed by atoms with Gasteiger partial charge in [-0.15, -0.1) is 0 Å². The van der Waals surface area contributed by atoms with Crippen LogP contribution in [0.25, 0.3) is 0 Å². The van der Waals surface area contributed by atoms with Gasteiger partial charge in [0.1, 0.15) is 5.82 Å². The Labute approximate surface area is 116 Å². The Kier molecular flexibility index (Phi) is 4.76. The summed E-state index contributed by atoms with van der Waals surface area (Å²) in [4.78, 5) is 2.23. The van der Waals surface area contributed by atoms with Crippen LogP contribution in [0.5, 0.6) is 0 Å². The number of benzene rings is 1. The molecule has 1 saturated heterocycles. The number of rotatable bonds is 3. The van der Waals surface area contributed by atoms with Gasteiger partial charge in [0, 0.05) is 23.1 Å². The van der Waals surface area contributed by atoms with E-state index in [0.717, 1.165) is 36.0 Å². The van der Waals surface area contributed by atoms with Crippen molar-refractivity contribution in [3.8, 4) is 0 Å². The van der Waals surface area contributed by atoms with E-state index >= 15 is 0 Å². The van der Waals surface area contributed by atoms with Gasteiger partial charge < -0.3 is 5.11 Å². The molecule has 2 rings (SSSR count). The highest BCUT2D eigenvalue weighted by molar-refractivity contribution is 9.10. The normalized spacial score (nSPS) is 23.0. The summed E-state index contributed by atoms with van der Waals surface area (Å²) < 4.78 is 14.6. The zero-order chi connectivity index (χ0) is 13.1. The van der Waals surface area contributed by atoms with Crippen LogP contribution < -0.4 is 0 Å². The molecule has 4 heteroatoms. The first kappa shape index (κ1) is 14.0. The van der Waals surface area contributed by atoms with Gasteiger partial charge in [-0.05, 0) is 50.4 Å². The maximum Gasteiger partial charge on any atom is 0.127 e. The standard InChI is InChI=1S/C14H19BrFNO/c1-10(18)11-3-2-6-17(8-11)9-12-7-13(15)4-5-14(12)16/h4-5,7,10-11,18H,2-3,6,8-9H2,1H3. The van der Waals surface area contributed by atoms with Crippen molar-refractivity contribution in [1.29, 1.82) is 0 Å². The van der Waals surface area contributed by atoms with Crippen LogP contribution in [0.15, 0.2) is 22.7 Å². The Balaban J connectivity index is 2.02. The van der Waals surface area contributed by atoms with Crippen molar-refractivity contribution < 1.29 is 9.50 Å². The topological polar surface area (TPSA) is 23.5 Å². The third kappa shape index (κ3) is 3.53. The number of hydrogen-bond donors (Lipinski definition) is 1. The maximum atomic E-state index is 13.7. The molecule has 0 saturated carbocycles. The Morgan fingerprint density at radius 3 is 3.06 bits per heavy atom. The number of likely N-dealkylation sites (tertiary alicyclic amines) is 1. The maximum absolute atomic E-state index is 13.7. The monoisotopic (exact) mass is 315 g/mol. The fraction of sp³-hybridized carbons (Fsp3) is 0.571. The molecule has 1 fully saturated rings. The molecule has 18 heavy (non-hydrogen) atoms. The van der Waals surface area contributed by atoms with Crippen molar-refractivity contribution in [3.63, 3.8) is 0 Å². The Morgan fingerprint density at radius 1 is 1.56 bits per heavy atom. The van der Waals surface area contributed by atoms with Crippen LogP contribution in [0.4, 0.5) is 4.39 Å². The van der Waals surface area contributed by atoms with E-state index in [4.69, 9.17) is 0 Å².